The molecule has 1 heterocycles. The van der Waals surface area contributed by atoms with Crippen LogP contribution in [0, 0.1) is 0 Å². The molecule has 0 fully saturated rings. The topological polar surface area (TPSA) is 76.0 Å². The van der Waals surface area contributed by atoms with Crippen molar-refractivity contribution in [1.29, 1.82) is 0 Å². The van der Waals surface area contributed by atoms with E-state index in [1.54, 1.807) is 4.68 Å². The Morgan fingerprint density at radius 3 is 2.65 bits per heavy atom. The summed E-state index contributed by atoms with van der Waals surface area (Å²) in [7, 11) is -1.74. The molecule has 20 heavy (non-hydrogen) atoms. The molecule has 0 radical (unpaired) electrons. The van der Waals surface area contributed by atoms with Crippen LogP contribution in [0.1, 0.15) is 5.69 Å². The Balaban J connectivity index is 1.85. The maximum absolute atomic E-state index is 11.2. The van der Waals surface area contributed by atoms with Gasteiger partial charge >= 0.3 is 0 Å². The highest BCUT2D eigenvalue weighted by atomic mass is 32.2. The SMILES string of the molecule is CNS(=O)(=O)CCNCc1ccn(-c2ccccc2)n1. The molecule has 108 valence electrons. The smallest absolute Gasteiger partial charge is 0.212 e. The average molecular weight is 294 g/mol. The minimum atomic E-state index is -3.15. The molecule has 0 aliphatic rings. The summed E-state index contributed by atoms with van der Waals surface area (Å²) < 4.78 is 26.5. The predicted molar refractivity (Wildman–Crippen MR) is 78.1 cm³/mol. The van der Waals surface area contributed by atoms with E-state index in [2.05, 4.69) is 15.1 Å². The Morgan fingerprint density at radius 2 is 1.95 bits per heavy atom. The van der Waals surface area contributed by atoms with Crippen molar-refractivity contribution in [1.82, 2.24) is 19.8 Å². The van der Waals surface area contributed by atoms with Gasteiger partial charge in [0.25, 0.3) is 0 Å². The molecule has 0 atom stereocenters. The van der Waals surface area contributed by atoms with Crippen LogP contribution in [0.5, 0.6) is 0 Å². The fourth-order valence-corrected chi connectivity index (χ4v) is 2.32. The van der Waals surface area contributed by atoms with E-state index in [9.17, 15) is 8.42 Å². The van der Waals surface area contributed by atoms with Crippen molar-refractivity contribution in [2.24, 2.45) is 0 Å². The fraction of sp³-hybridized carbons (Fsp3) is 0.308. The number of rotatable bonds is 7. The van der Waals surface area contributed by atoms with Crippen molar-refractivity contribution in [3.8, 4) is 5.69 Å². The number of nitrogens with one attached hydrogen (secondary N) is 2. The van der Waals surface area contributed by atoms with Gasteiger partial charge in [-0.1, -0.05) is 18.2 Å². The van der Waals surface area contributed by atoms with Gasteiger partial charge in [-0.15, -0.1) is 0 Å². The zero-order valence-corrected chi connectivity index (χ0v) is 12.1. The maximum Gasteiger partial charge on any atom is 0.212 e. The number of hydrogen-bond donors (Lipinski definition) is 2. The van der Waals surface area contributed by atoms with E-state index in [4.69, 9.17) is 0 Å². The fourth-order valence-electron chi connectivity index (χ4n) is 1.71. The number of hydrogen-bond acceptors (Lipinski definition) is 4. The van der Waals surface area contributed by atoms with E-state index in [0.29, 0.717) is 13.1 Å². The second-order valence-corrected chi connectivity index (χ2v) is 6.33. The molecule has 7 heteroatoms. The van der Waals surface area contributed by atoms with E-state index in [-0.39, 0.29) is 5.75 Å². The molecule has 0 spiro atoms. The minimum Gasteiger partial charge on any atom is -0.310 e. The number of aromatic nitrogens is 2. The third-order valence-electron chi connectivity index (χ3n) is 2.83. The first-order valence-corrected chi connectivity index (χ1v) is 7.98. The lowest BCUT2D eigenvalue weighted by atomic mass is 10.3. The highest BCUT2D eigenvalue weighted by Gasteiger charge is 2.06. The average Bonchev–Trinajstić information content (AvgIpc) is 2.93. The molecule has 2 N–H and O–H groups in total. The Kier molecular flexibility index (Phi) is 4.89. The van der Waals surface area contributed by atoms with Gasteiger partial charge in [0.1, 0.15) is 0 Å². The molecular formula is C13H18N4O2S. The molecule has 0 amide bonds. The zero-order chi connectivity index (χ0) is 14.4. The molecule has 0 unspecified atom stereocenters. The van der Waals surface area contributed by atoms with Gasteiger partial charge in [-0.05, 0) is 25.2 Å². The van der Waals surface area contributed by atoms with Gasteiger partial charge < -0.3 is 5.32 Å². The molecule has 0 aliphatic carbocycles. The van der Waals surface area contributed by atoms with E-state index in [1.807, 2.05) is 42.6 Å². The summed E-state index contributed by atoms with van der Waals surface area (Å²) in [5.41, 5.74) is 1.87. The zero-order valence-electron chi connectivity index (χ0n) is 11.3. The highest BCUT2D eigenvalue weighted by Crippen LogP contribution is 2.06. The van der Waals surface area contributed by atoms with E-state index in [0.717, 1.165) is 11.4 Å². The van der Waals surface area contributed by atoms with Crippen LogP contribution in [-0.4, -0.2) is 37.5 Å². The van der Waals surface area contributed by atoms with Gasteiger partial charge in [0.15, 0.2) is 0 Å². The Bertz CT molecular complexity index is 637. The van der Waals surface area contributed by atoms with Gasteiger partial charge in [-0.3, -0.25) is 0 Å². The molecule has 0 saturated carbocycles. The largest absolute Gasteiger partial charge is 0.310 e. The van der Waals surface area contributed by atoms with Crippen molar-refractivity contribution in [3.05, 3.63) is 48.3 Å². The summed E-state index contributed by atoms with van der Waals surface area (Å²) in [5, 5.41) is 7.49. The normalized spacial score (nSPS) is 11.7. The first kappa shape index (κ1) is 14.7. The Morgan fingerprint density at radius 1 is 1.20 bits per heavy atom. The lowest BCUT2D eigenvalue weighted by Gasteiger charge is -2.03. The van der Waals surface area contributed by atoms with Crippen molar-refractivity contribution >= 4 is 10.0 Å². The molecule has 1 aromatic heterocycles. The third kappa shape index (κ3) is 4.16. The van der Waals surface area contributed by atoms with Crippen molar-refractivity contribution in [2.45, 2.75) is 6.54 Å². The molecule has 0 saturated heterocycles. The van der Waals surface area contributed by atoms with Crippen molar-refractivity contribution < 1.29 is 8.42 Å². The molecule has 0 bridgehead atoms. The number of sulfonamides is 1. The van der Waals surface area contributed by atoms with Crippen molar-refractivity contribution in [2.75, 3.05) is 19.3 Å². The molecule has 0 aliphatic heterocycles. The molecule has 2 aromatic rings. The highest BCUT2D eigenvalue weighted by molar-refractivity contribution is 7.89. The van der Waals surface area contributed by atoms with Crippen LogP contribution >= 0.6 is 0 Å². The monoisotopic (exact) mass is 294 g/mol. The Labute approximate surface area is 118 Å². The molecule has 6 nitrogen and oxygen atoms in total. The number of para-hydroxylation sites is 1. The lowest BCUT2D eigenvalue weighted by molar-refractivity contribution is 0.582. The minimum absolute atomic E-state index is 0.0584. The van der Waals surface area contributed by atoms with Gasteiger partial charge in [-0.25, -0.2) is 17.8 Å². The van der Waals surface area contributed by atoms with Gasteiger partial charge in [0, 0.05) is 19.3 Å². The molecule has 1 aromatic carbocycles. The van der Waals surface area contributed by atoms with Crippen LogP contribution in [0.2, 0.25) is 0 Å². The molecular weight excluding hydrogens is 276 g/mol. The maximum atomic E-state index is 11.2. The standard InChI is InChI=1S/C13H18N4O2S/c1-14-20(18,19)10-8-15-11-12-7-9-17(16-12)13-5-3-2-4-6-13/h2-7,9,14-15H,8,10-11H2,1H3. The van der Waals surface area contributed by atoms with Crippen LogP contribution in [-0.2, 0) is 16.6 Å². The van der Waals surface area contributed by atoms with E-state index < -0.39 is 10.0 Å². The predicted octanol–water partition coefficient (Wildman–Crippen LogP) is 0.511. The van der Waals surface area contributed by atoms with E-state index in [1.165, 1.54) is 7.05 Å². The summed E-state index contributed by atoms with van der Waals surface area (Å²) >= 11 is 0. The summed E-state index contributed by atoms with van der Waals surface area (Å²) in [4.78, 5) is 0. The van der Waals surface area contributed by atoms with Gasteiger partial charge in [0.05, 0.1) is 17.1 Å². The Hall–Kier alpha value is -1.70. The lowest BCUT2D eigenvalue weighted by Crippen LogP contribution is -2.29. The number of nitrogens with zero attached hydrogens (tertiary/aromatic N) is 2. The quantitative estimate of drug-likeness (QED) is 0.730. The molecule has 2 rings (SSSR count). The second-order valence-electron chi connectivity index (χ2n) is 4.29. The third-order valence-corrected chi connectivity index (χ3v) is 4.19. The van der Waals surface area contributed by atoms with E-state index >= 15 is 0 Å². The van der Waals surface area contributed by atoms with Crippen LogP contribution < -0.4 is 10.0 Å². The van der Waals surface area contributed by atoms with Gasteiger partial charge in [0.2, 0.25) is 10.0 Å². The summed E-state index contributed by atoms with van der Waals surface area (Å²) in [5.74, 6) is 0.0584. The van der Waals surface area contributed by atoms with Crippen LogP contribution in [0.15, 0.2) is 42.6 Å². The first-order chi connectivity index (χ1) is 9.61. The van der Waals surface area contributed by atoms with Crippen LogP contribution in [0.4, 0.5) is 0 Å². The summed E-state index contributed by atoms with van der Waals surface area (Å²) in [6.45, 7) is 0.931. The number of benzene rings is 1. The summed E-state index contributed by atoms with van der Waals surface area (Å²) in [6, 6.07) is 11.7. The van der Waals surface area contributed by atoms with Crippen LogP contribution in [0.3, 0.4) is 0 Å². The van der Waals surface area contributed by atoms with Crippen molar-refractivity contribution in [3.63, 3.8) is 0 Å². The van der Waals surface area contributed by atoms with Crippen LogP contribution in [0.25, 0.3) is 5.69 Å². The van der Waals surface area contributed by atoms with Gasteiger partial charge in [-0.2, -0.15) is 5.10 Å². The first-order valence-electron chi connectivity index (χ1n) is 6.32. The summed E-state index contributed by atoms with van der Waals surface area (Å²) in [6.07, 6.45) is 1.89. The second kappa shape index (κ2) is 6.65.